The Balaban J connectivity index is 2.09. The van der Waals surface area contributed by atoms with E-state index in [2.05, 4.69) is 59.9 Å². The summed E-state index contributed by atoms with van der Waals surface area (Å²) in [5.41, 5.74) is 6.29. The molecular formula is C18H17NO. The molecule has 0 saturated heterocycles. The first-order valence-corrected chi connectivity index (χ1v) is 6.85. The third-order valence-electron chi connectivity index (χ3n) is 3.66. The molecule has 100 valence electrons. The number of amides is 1. The number of carbonyl (C=O) groups is 1. The van der Waals surface area contributed by atoms with Gasteiger partial charge in [-0.2, -0.15) is 0 Å². The first kappa shape index (κ1) is 12.7. The molecule has 1 aliphatic carbocycles. The third-order valence-corrected chi connectivity index (χ3v) is 3.66. The van der Waals surface area contributed by atoms with Crippen LogP contribution in [0.15, 0.2) is 48.5 Å². The second-order valence-corrected chi connectivity index (χ2v) is 5.11. The van der Waals surface area contributed by atoms with Crippen molar-refractivity contribution >= 4 is 17.6 Å². The normalized spacial score (nSPS) is 12.8. The second kappa shape index (κ2) is 5.33. The molecule has 2 heteroatoms. The molecule has 0 unspecified atom stereocenters. The van der Waals surface area contributed by atoms with E-state index in [1.54, 1.807) is 6.92 Å². The molecule has 0 atom stereocenters. The largest absolute Gasteiger partial charge is 0.352 e. The van der Waals surface area contributed by atoms with E-state index in [9.17, 15) is 4.79 Å². The van der Waals surface area contributed by atoms with Crippen LogP contribution in [0.3, 0.4) is 0 Å². The molecule has 1 aliphatic rings. The van der Waals surface area contributed by atoms with Crippen LogP contribution in [0, 0.1) is 0 Å². The molecule has 0 aliphatic heterocycles. The van der Waals surface area contributed by atoms with Crippen LogP contribution < -0.4 is 5.32 Å². The minimum atomic E-state index is 0.000846. The van der Waals surface area contributed by atoms with Gasteiger partial charge in [0.1, 0.15) is 0 Å². The van der Waals surface area contributed by atoms with Crippen molar-refractivity contribution in [2.45, 2.75) is 13.3 Å². The molecule has 2 aromatic rings. The molecule has 20 heavy (non-hydrogen) atoms. The van der Waals surface area contributed by atoms with Crippen LogP contribution in [-0.4, -0.2) is 12.5 Å². The Morgan fingerprint density at radius 2 is 1.75 bits per heavy atom. The maximum Gasteiger partial charge on any atom is 0.217 e. The summed E-state index contributed by atoms with van der Waals surface area (Å²) in [6.45, 7) is 2.12. The predicted molar refractivity (Wildman–Crippen MR) is 82.2 cm³/mol. The molecule has 0 fully saturated rings. The molecular weight excluding hydrogens is 246 g/mol. The zero-order valence-corrected chi connectivity index (χ0v) is 11.5. The van der Waals surface area contributed by atoms with E-state index in [0.717, 1.165) is 6.42 Å². The van der Waals surface area contributed by atoms with Crippen LogP contribution in [0.2, 0.25) is 0 Å². The predicted octanol–water partition coefficient (Wildman–Crippen LogP) is 3.27. The van der Waals surface area contributed by atoms with Gasteiger partial charge in [0.25, 0.3) is 0 Å². The highest BCUT2D eigenvalue weighted by molar-refractivity contribution is 5.88. The van der Waals surface area contributed by atoms with Crippen LogP contribution in [0.4, 0.5) is 0 Å². The molecule has 3 rings (SSSR count). The SMILES string of the molecule is CC(=O)NCC1=Cc2ccccc2Cc2ccccc21. The molecule has 0 bridgehead atoms. The summed E-state index contributed by atoms with van der Waals surface area (Å²) >= 11 is 0. The van der Waals surface area contributed by atoms with E-state index in [1.807, 2.05) is 0 Å². The lowest BCUT2D eigenvalue weighted by Gasteiger charge is -2.11. The fourth-order valence-electron chi connectivity index (χ4n) is 2.66. The molecule has 2 nitrogen and oxygen atoms in total. The smallest absolute Gasteiger partial charge is 0.217 e. The minimum Gasteiger partial charge on any atom is -0.352 e. The monoisotopic (exact) mass is 263 g/mol. The summed E-state index contributed by atoms with van der Waals surface area (Å²) in [4.78, 5) is 11.2. The Hall–Kier alpha value is -2.35. The standard InChI is InChI=1S/C18H17NO/c1-13(20)19-12-17-11-15-7-3-2-6-14(15)10-16-8-4-5-9-18(16)17/h2-9,11H,10,12H2,1H3,(H,19,20). The van der Waals surface area contributed by atoms with Crippen molar-refractivity contribution in [3.8, 4) is 0 Å². The topological polar surface area (TPSA) is 29.1 Å². The van der Waals surface area contributed by atoms with Crippen molar-refractivity contribution in [2.75, 3.05) is 6.54 Å². The molecule has 2 aromatic carbocycles. The second-order valence-electron chi connectivity index (χ2n) is 5.11. The van der Waals surface area contributed by atoms with Crippen molar-refractivity contribution < 1.29 is 4.79 Å². The number of hydrogen-bond donors (Lipinski definition) is 1. The number of rotatable bonds is 2. The van der Waals surface area contributed by atoms with Crippen molar-refractivity contribution in [1.29, 1.82) is 0 Å². The quantitative estimate of drug-likeness (QED) is 0.885. The van der Waals surface area contributed by atoms with Crippen molar-refractivity contribution in [2.24, 2.45) is 0 Å². The van der Waals surface area contributed by atoms with Gasteiger partial charge >= 0.3 is 0 Å². The van der Waals surface area contributed by atoms with E-state index in [1.165, 1.54) is 27.8 Å². The average molecular weight is 263 g/mol. The van der Waals surface area contributed by atoms with Gasteiger partial charge in [-0.3, -0.25) is 4.79 Å². The summed E-state index contributed by atoms with van der Waals surface area (Å²) in [6, 6.07) is 16.9. The van der Waals surface area contributed by atoms with E-state index in [4.69, 9.17) is 0 Å². The van der Waals surface area contributed by atoms with E-state index < -0.39 is 0 Å². The van der Waals surface area contributed by atoms with Crippen molar-refractivity contribution in [3.05, 3.63) is 70.8 Å². The zero-order chi connectivity index (χ0) is 13.9. The lowest BCUT2D eigenvalue weighted by atomic mass is 9.98. The van der Waals surface area contributed by atoms with Gasteiger partial charge < -0.3 is 5.32 Å². The average Bonchev–Trinajstić information content (AvgIpc) is 2.61. The number of hydrogen-bond acceptors (Lipinski definition) is 1. The van der Waals surface area contributed by atoms with Gasteiger partial charge in [0.2, 0.25) is 5.91 Å². The Kier molecular flexibility index (Phi) is 3.38. The van der Waals surface area contributed by atoms with Gasteiger partial charge in [0.15, 0.2) is 0 Å². The lowest BCUT2D eigenvalue weighted by molar-refractivity contribution is -0.118. The minimum absolute atomic E-state index is 0.000846. The number of fused-ring (bicyclic) bond motifs is 2. The molecule has 0 heterocycles. The molecule has 0 aromatic heterocycles. The van der Waals surface area contributed by atoms with Crippen LogP contribution >= 0.6 is 0 Å². The van der Waals surface area contributed by atoms with Crippen molar-refractivity contribution in [1.82, 2.24) is 5.32 Å². The maximum atomic E-state index is 11.2. The molecule has 0 saturated carbocycles. The van der Waals surface area contributed by atoms with Crippen LogP contribution in [0.25, 0.3) is 11.6 Å². The van der Waals surface area contributed by atoms with Crippen molar-refractivity contribution in [3.63, 3.8) is 0 Å². The summed E-state index contributed by atoms with van der Waals surface area (Å²) in [6.07, 6.45) is 3.13. The maximum absolute atomic E-state index is 11.2. The van der Waals surface area contributed by atoms with Gasteiger partial charge in [-0.1, -0.05) is 48.5 Å². The Morgan fingerprint density at radius 1 is 1.05 bits per heavy atom. The van der Waals surface area contributed by atoms with Crippen LogP contribution in [0.5, 0.6) is 0 Å². The number of benzene rings is 2. The highest BCUT2D eigenvalue weighted by Crippen LogP contribution is 2.29. The Morgan fingerprint density at radius 3 is 2.55 bits per heavy atom. The Bertz CT molecular complexity index is 685. The highest BCUT2D eigenvalue weighted by atomic mass is 16.1. The first-order valence-electron chi connectivity index (χ1n) is 6.85. The zero-order valence-electron chi connectivity index (χ0n) is 11.5. The highest BCUT2D eigenvalue weighted by Gasteiger charge is 2.14. The lowest BCUT2D eigenvalue weighted by Crippen LogP contribution is -2.22. The summed E-state index contributed by atoms with van der Waals surface area (Å²) in [7, 11) is 0. The molecule has 0 radical (unpaired) electrons. The first-order chi connectivity index (χ1) is 9.74. The van der Waals surface area contributed by atoms with Gasteiger partial charge in [-0.15, -0.1) is 0 Å². The van der Waals surface area contributed by atoms with Gasteiger partial charge in [0.05, 0.1) is 0 Å². The van der Waals surface area contributed by atoms with E-state index in [0.29, 0.717) is 6.54 Å². The Labute approximate surface area is 119 Å². The molecule has 1 amide bonds. The summed E-state index contributed by atoms with van der Waals surface area (Å²) in [5, 5.41) is 2.91. The van der Waals surface area contributed by atoms with Gasteiger partial charge in [0, 0.05) is 13.5 Å². The molecule has 0 spiro atoms. The van der Waals surface area contributed by atoms with Crippen LogP contribution in [0.1, 0.15) is 29.2 Å². The van der Waals surface area contributed by atoms with Crippen LogP contribution in [-0.2, 0) is 11.2 Å². The summed E-state index contributed by atoms with van der Waals surface area (Å²) < 4.78 is 0. The van der Waals surface area contributed by atoms with Gasteiger partial charge in [-0.25, -0.2) is 0 Å². The fourth-order valence-corrected chi connectivity index (χ4v) is 2.66. The number of nitrogens with one attached hydrogen (secondary N) is 1. The van der Waals surface area contributed by atoms with E-state index >= 15 is 0 Å². The summed E-state index contributed by atoms with van der Waals surface area (Å²) in [5.74, 6) is 0.000846. The number of carbonyl (C=O) groups excluding carboxylic acids is 1. The fraction of sp³-hybridized carbons (Fsp3) is 0.167. The van der Waals surface area contributed by atoms with E-state index in [-0.39, 0.29) is 5.91 Å². The van der Waals surface area contributed by atoms with Gasteiger partial charge in [-0.05, 0) is 40.3 Å². The third kappa shape index (κ3) is 2.50. The molecule has 1 N–H and O–H groups in total.